The molecule has 0 saturated carbocycles. The monoisotopic (exact) mass is 561 g/mol. The van der Waals surface area contributed by atoms with E-state index in [9.17, 15) is 9.59 Å². The number of pyridine rings is 1. The number of fused-ring (bicyclic) bond motifs is 1. The number of nitrogens with zero attached hydrogens (tertiary/aromatic N) is 3. The second kappa shape index (κ2) is 11.4. The molecular weight excluding hydrogens is 539 g/mol. The molecule has 38 heavy (non-hydrogen) atoms. The number of methoxy groups -OCH3 is 2. The fourth-order valence-corrected chi connectivity index (χ4v) is 6.19. The quantitative estimate of drug-likeness (QED) is 0.163. The Morgan fingerprint density at radius 3 is 2.53 bits per heavy atom. The van der Waals surface area contributed by atoms with Crippen LogP contribution in [0.1, 0.15) is 11.1 Å². The fourth-order valence-electron chi connectivity index (χ4n) is 3.98. The van der Waals surface area contributed by atoms with E-state index >= 15 is 0 Å². The van der Waals surface area contributed by atoms with Gasteiger partial charge in [-0.25, -0.2) is 4.98 Å². The summed E-state index contributed by atoms with van der Waals surface area (Å²) in [4.78, 5) is 34.5. The summed E-state index contributed by atoms with van der Waals surface area (Å²) in [5.41, 5.74) is 1.63. The zero-order chi connectivity index (χ0) is 26.6. The van der Waals surface area contributed by atoms with Gasteiger partial charge in [-0.15, -0.1) is 0 Å². The number of aromatic nitrogens is 2. The largest absolute Gasteiger partial charge is 0.493 e. The molecule has 0 aliphatic carbocycles. The van der Waals surface area contributed by atoms with Gasteiger partial charge in [0.25, 0.3) is 11.5 Å². The van der Waals surface area contributed by atoms with Crippen LogP contribution in [0.2, 0.25) is 0 Å². The molecule has 2 aromatic carbocycles. The Kier molecular flexibility index (Phi) is 7.82. The summed E-state index contributed by atoms with van der Waals surface area (Å²) in [6, 6.07) is 20.8. The van der Waals surface area contributed by atoms with Gasteiger partial charge in [-0.2, -0.15) is 0 Å². The number of thioether (sulfide) groups is 1. The highest BCUT2D eigenvalue weighted by atomic mass is 32.2. The molecule has 1 fully saturated rings. The molecule has 2 aromatic heterocycles. The number of amides is 1. The van der Waals surface area contributed by atoms with Crippen molar-refractivity contribution in [1.29, 1.82) is 0 Å². The van der Waals surface area contributed by atoms with Crippen LogP contribution >= 0.6 is 35.7 Å². The average Bonchev–Trinajstić information content (AvgIpc) is 3.21. The molecule has 0 atom stereocenters. The first kappa shape index (κ1) is 26.0. The Bertz CT molecular complexity index is 1620. The van der Waals surface area contributed by atoms with Crippen LogP contribution in [0.25, 0.3) is 11.7 Å². The Balaban J connectivity index is 1.44. The lowest BCUT2D eigenvalue weighted by atomic mass is 10.1. The van der Waals surface area contributed by atoms with E-state index in [0.29, 0.717) is 49.9 Å². The highest BCUT2D eigenvalue weighted by Crippen LogP contribution is 2.35. The van der Waals surface area contributed by atoms with Gasteiger partial charge in [0, 0.05) is 17.6 Å². The minimum absolute atomic E-state index is 0.228. The molecule has 0 bridgehead atoms. The van der Waals surface area contributed by atoms with Crippen LogP contribution in [0.4, 0.5) is 0 Å². The van der Waals surface area contributed by atoms with Gasteiger partial charge in [0.05, 0.1) is 24.7 Å². The van der Waals surface area contributed by atoms with Gasteiger partial charge < -0.3 is 9.47 Å². The number of carbonyl (C=O) groups is 1. The topological polar surface area (TPSA) is 73.1 Å². The predicted molar refractivity (Wildman–Crippen MR) is 155 cm³/mol. The standard InChI is InChI=1S/C28H23N3O4S3/c1-34-21-12-11-18(16-22(21)35-2)13-15-31-27(33)23(38-28(31)36)17-20-25(37-19-8-4-3-5-9-19)29-24-10-6-7-14-30(24)26(20)32/h3-12,14,16-17H,13,15H2,1-2H3. The van der Waals surface area contributed by atoms with Gasteiger partial charge in [0.1, 0.15) is 15.0 Å². The van der Waals surface area contributed by atoms with E-state index in [1.54, 1.807) is 43.5 Å². The Morgan fingerprint density at radius 1 is 1.00 bits per heavy atom. The van der Waals surface area contributed by atoms with Gasteiger partial charge >= 0.3 is 0 Å². The molecule has 0 N–H and O–H groups in total. The molecule has 4 aromatic rings. The third kappa shape index (κ3) is 5.33. The predicted octanol–water partition coefficient (Wildman–Crippen LogP) is 5.31. The lowest BCUT2D eigenvalue weighted by Crippen LogP contribution is -2.30. The Hall–Kier alpha value is -3.60. The van der Waals surface area contributed by atoms with Crippen molar-refractivity contribution in [1.82, 2.24) is 14.3 Å². The third-order valence-corrected chi connectivity index (χ3v) is 8.30. The first-order valence-corrected chi connectivity index (χ1v) is 13.7. The Morgan fingerprint density at radius 2 is 1.76 bits per heavy atom. The maximum atomic E-state index is 13.5. The second-order valence-corrected chi connectivity index (χ2v) is 11.0. The highest BCUT2D eigenvalue weighted by Gasteiger charge is 2.32. The number of thiocarbonyl (C=S) groups is 1. The molecule has 10 heteroatoms. The van der Waals surface area contributed by atoms with E-state index in [4.69, 9.17) is 26.7 Å². The lowest BCUT2D eigenvalue weighted by molar-refractivity contribution is -0.122. The number of hydrogen-bond acceptors (Lipinski definition) is 8. The molecule has 0 radical (unpaired) electrons. The SMILES string of the molecule is COc1ccc(CCN2C(=O)C(=Cc3c(Sc4ccccc4)nc4ccccn4c3=O)SC2=S)cc1OC. The summed E-state index contributed by atoms with van der Waals surface area (Å²) < 4.78 is 12.6. The lowest BCUT2D eigenvalue weighted by Gasteiger charge is -2.15. The minimum Gasteiger partial charge on any atom is -0.493 e. The Labute approximate surface area is 233 Å². The molecule has 1 saturated heterocycles. The zero-order valence-corrected chi connectivity index (χ0v) is 23.1. The van der Waals surface area contributed by atoms with Crippen molar-refractivity contribution < 1.29 is 14.3 Å². The molecule has 0 spiro atoms. The van der Waals surface area contributed by atoms with Gasteiger partial charge in [0.15, 0.2) is 11.5 Å². The summed E-state index contributed by atoms with van der Waals surface area (Å²) in [6.07, 6.45) is 3.87. The summed E-state index contributed by atoms with van der Waals surface area (Å²) in [7, 11) is 3.17. The maximum Gasteiger partial charge on any atom is 0.266 e. The van der Waals surface area contributed by atoms with E-state index < -0.39 is 0 Å². The molecular formula is C28H23N3O4S3. The van der Waals surface area contributed by atoms with Crippen LogP contribution in [0, 0.1) is 0 Å². The summed E-state index contributed by atoms with van der Waals surface area (Å²) in [5.74, 6) is 1.04. The normalized spacial score (nSPS) is 14.5. The molecule has 192 valence electrons. The average molecular weight is 562 g/mol. The van der Waals surface area contributed by atoms with Gasteiger partial charge in [-0.05, 0) is 54.5 Å². The van der Waals surface area contributed by atoms with Crippen molar-refractivity contribution in [2.45, 2.75) is 16.3 Å². The fraction of sp³-hybridized carbons (Fsp3) is 0.143. The summed E-state index contributed by atoms with van der Waals surface area (Å²) in [5, 5.41) is 0.531. The number of ether oxygens (including phenoxy) is 2. The number of benzene rings is 2. The first-order valence-electron chi connectivity index (χ1n) is 11.7. The van der Waals surface area contributed by atoms with E-state index in [2.05, 4.69) is 0 Å². The van der Waals surface area contributed by atoms with Crippen LogP contribution in [-0.2, 0) is 11.2 Å². The van der Waals surface area contributed by atoms with Crippen molar-refractivity contribution in [2.75, 3.05) is 20.8 Å². The van der Waals surface area contributed by atoms with Crippen LogP contribution in [-0.4, -0.2) is 45.3 Å². The summed E-state index contributed by atoms with van der Waals surface area (Å²) in [6.45, 7) is 0.401. The highest BCUT2D eigenvalue weighted by molar-refractivity contribution is 8.26. The zero-order valence-electron chi connectivity index (χ0n) is 20.6. The van der Waals surface area contributed by atoms with E-state index in [-0.39, 0.29) is 11.5 Å². The third-order valence-electron chi connectivity index (χ3n) is 5.91. The van der Waals surface area contributed by atoms with Crippen molar-refractivity contribution in [3.05, 3.63) is 99.3 Å². The van der Waals surface area contributed by atoms with E-state index in [1.807, 2.05) is 54.6 Å². The molecule has 0 unspecified atom stereocenters. The van der Waals surface area contributed by atoms with Crippen molar-refractivity contribution in [3.63, 3.8) is 0 Å². The van der Waals surface area contributed by atoms with Gasteiger partial charge in [0.2, 0.25) is 0 Å². The van der Waals surface area contributed by atoms with E-state index in [0.717, 1.165) is 10.5 Å². The first-order chi connectivity index (χ1) is 18.5. The molecule has 1 aliphatic rings. The molecule has 7 nitrogen and oxygen atoms in total. The number of carbonyl (C=O) groups excluding carboxylic acids is 1. The van der Waals surface area contributed by atoms with Gasteiger partial charge in [-0.3, -0.25) is 18.9 Å². The van der Waals surface area contributed by atoms with Gasteiger partial charge in [-0.1, -0.05) is 66.1 Å². The number of rotatable bonds is 8. The maximum absolute atomic E-state index is 13.5. The van der Waals surface area contributed by atoms with Crippen LogP contribution in [0.5, 0.6) is 11.5 Å². The van der Waals surface area contributed by atoms with Crippen LogP contribution in [0.3, 0.4) is 0 Å². The van der Waals surface area contributed by atoms with Crippen molar-refractivity contribution >= 4 is 57.7 Å². The van der Waals surface area contributed by atoms with Crippen molar-refractivity contribution in [2.24, 2.45) is 0 Å². The number of hydrogen-bond donors (Lipinski definition) is 0. The second-order valence-electron chi connectivity index (χ2n) is 8.25. The van der Waals surface area contributed by atoms with E-state index in [1.165, 1.54) is 27.9 Å². The molecule has 5 rings (SSSR count). The summed E-state index contributed by atoms with van der Waals surface area (Å²) >= 11 is 8.12. The van der Waals surface area contributed by atoms with Crippen LogP contribution in [0.15, 0.2) is 92.5 Å². The van der Waals surface area contributed by atoms with Crippen LogP contribution < -0.4 is 15.0 Å². The molecule has 1 aliphatic heterocycles. The minimum atomic E-state index is -0.246. The molecule has 3 heterocycles. The molecule has 1 amide bonds. The smallest absolute Gasteiger partial charge is 0.266 e. The van der Waals surface area contributed by atoms with Crippen molar-refractivity contribution in [3.8, 4) is 11.5 Å².